The molecule has 2 rings (SSSR count). The van der Waals surface area contributed by atoms with Crippen molar-refractivity contribution in [3.63, 3.8) is 0 Å². The molecule has 0 aromatic heterocycles. The van der Waals surface area contributed by atoms with E-state index in [-0.39, 0.29) is 23.1 Å². The van der Waals surface area contributed by atoms with Crippen LogP contribution in [0.4, 0.5) is 0 Å². The van der Waals surface area contributed by atoms with Gasteiger partial charge in [-0.15, -0.1) is 0 Å². The second-order valence-corrected chi connectivity index (χ2v) is 6.01. The quantitative estimate of drug-likeness (QED) is 0.512. The van der Waals surface area contributed by atoms with Crippen molar-refractivity contribution in [2.24, 2.45) is 10.9 Å². The molecule has 0 aliphatic carbocycles. The molecule has 0 saturated carbocycles. The molecule has 23 heavy (non-hydrogen) atoms. The van der Waals surface area contributed by atoms with Gasteiger partial charge in [0.15, 0.2) is 11.0 Å². The van der Waals surface area contributed by atoms with Crippen LogP contribution in [0.1, 0.15) is 38.8 Å². The summed E-state index contributed by atoms with van der Waals surface area (Å²) in [6.45, 7) is 5.80. The third-order valence-corrected chi connectivity index (χ3v) is 4.31. The van der Waals surface area contributed by atoms with Crippen LogP contribution < -0.4 is 5.32 Å². The lowest BCUT2D eigenvalue weighted by Gasteiger charge is -2.35. The molecule has 6 heteroatoms. The summed E-state index contributed by atoms with van der Waals surface area (Å²) in [7, 11) is 0. The normalized spacial score (nSPS) is 21.4. The lowest BCUT2D eigenvalue weighted by Crippen LogP contribution is -2.60. The fourth-order valence-electron chi connectivity index (χ4n) is 2.37. The molecule has 1 heterocycles. The first-order valence-corrected chi connectivity index (χ1v) is 8.12. The zero-order chi connectivity index (χ0) is 17.0. The Kier molecular flexibility index (Phi) is 5.60. The van der Waals surface area contributed by atoms with Crippen molar-refractivity contribution in [1.82, 2.24) is 10.2 Å². The molecule has 1 aromatic carbocycles. The minimum Gasteiger partial charge on any atom is -0.302 e. The van der Waals surface area contributed by atoms with Crippen LogP contribution in [0.5, 0.6) is 0 Å². The Morgan fingerprint density at radius 1 is 1.30 bits per heavy atom. The lowest BCUT2D eigenvalue weighted by molar-refractivity contribution is -0.139. The Balaban J connectivity index is 2.17. The number of carbonyl (C=O) groups is 2. The number of thiocarbonyl (C=S) groups is 1. The van der Waals surface area contributed by atoms with E-state index in [1.165, 1.54) is 11.1 Å². The number of aliphatic imine (C=N–C) groups is 1. The summed E-state index contributed by atoms with van der Waals surface area (Å²) in [5.74, 6) is -1.65. The van der Waals surface area contributed by atoms with E-state index in [9.17, 15) is 9.59 Å². The smallest absolute Gasteiger partial charge is 0.247 e. The third kappa shape index (κ3) is 3.82. The van der Waals surface area contributed by atoms with Crippen LogP contribution in [0.15, 0.2) is 35.3 Å². The van der Waals surface area contributed by atoms with Crippen molar-refractivity contribution in [3.8, 4) is 0 Å². The topological polar surface area (TPSA) is 61.8 Å². The predicted octanol–water partition coefficient (Wildman–Crippen LogP) is 2.48. The highest BCUT2D eigenvalue weighted by atomic mass is 32.1. The highest BCUT2D eigenvalue weighted by molar-refractivity contribution is 7.80. The van der Waals surface area contributed by atoms with Gasteiger partial charge in [0, 0.05) is 12.3 Å². The number of hydrogen-bond donors (Lipinski definition) is 1. The van der Waals surface area contributed by atoms with E-state index in [1.54, 1.807) is 0 Å². The zero-order valence-electron chi connectivity index (χ0n) is 13.5. The van der Waals surface area contributed by atoms with Crippen molar-refractivity contribution >= 4 is 35.4 Å². The van der Waals surface area contributed by atoms with Gasteiger partial charge in [0.1, 0.15) is 0 Å². The highest BCUT2D eigenvalue weighted by Crippen LogP contribution is 2.18. The molecular weight excluding hydrogens is 310 g/mol. The molecule has 0 radical (unpaired) electrons. The van der Waals surface area contributed by atoms with Gasteiger partial charge >= 0.3 is 0 Å². The average Bonchev–Trinajstić information content (AvgIpc) is 2.54. The fraction of sp³-hybridized carbons (Fsp3) is 0.412. The summed E-state index contributed by atoms with van der Waals surface area (Å²) < 4.78 is 0. The van der Waals surface area contributed by atoms with Crippen LogP contribution in [0, 0.1) is 5.92 Å². The highest BCUT2D eigenvalue weighted by Gasteiger charge is 2.39. The van der Waals surface area contributed by atoms with Crippen LogP contribution in [-0.2, 0) is 9.59 Å². The summed E-state index contributed by atoms with van der Waals surface area (Å²) in [4.78, 5) is 30.5. The van der Waals surface area contributed by atoms with E-state index in [2.05, 4.69) is 10.3 Å². The van der Waals surface area contributed by atoms with Crippen molar-refractivity contribution in [1.29, 1.82) is 0 Å². The molecule has 122 valence electrons. The molecule has 0 unspecified atom stereocenters. The van der Waals surface area contributed by atoms with Gasteiger partial charge in [-0.1, -0.05) is 37.3 Å². The molecule has 5 nitrogen and oxygen atoms in total. The Morgan fingerprint density at radius 2 is 1.96 bits per heavy atom. The number of amides is 2. The first-order valence-electron chi connectivity index (χ1n) is 7.71. The summed E-state index contributed by atoms with van der Waals surface area (Å²) in [5.41, 5.74) is 1.03. The van der Waals surface area contributed by atoms with Gasteiger partial charge in [0.25, 0.3) is 0 Å². The van der Waals surface area contributed by atoms with Crippen LogP contribution in [0.3, 0.4) is 0 Å². The molecule has 1 saturated heterocycles. The Bertz CT molecular complexity index is 630. The van der Waals surface area contributed by atoms with Crippen molar-refractivity contribution in [2.75, 3.05) is 0 Å². The summed E-state index contributed by atoms with van der Waals surface area (Å²) in [6.07, 6.45) is 2.19. The molecule has 3 atom stereocenters. The molecule has 2 amide bonds. The number of carbonyl (C=O) groups excluding carboxylic acids is 2. The molecule has 1 aromatic rings. The van der Waals surface area contributed by atoms with Gasteiger partial charge < -0.3 is 5.32 Å². The second-order valence-electron chi connectivity index (χ2n) is 5.62. The van der Waals surface area contributed by atoms with Crippen LogP contribution in [-0.4, -0.2) is 34.1 Å². The van der Waals surface area contributed by atoms with Crippen LogP contribution in [0.25, 0.3) is 0 Å². The fourth-order valence-corrected chi connectivity index (χ4v) is 2.74. The van der Waals surface area contributed by atoms with E-state index < -0.39 is 11.8 Å². The number of nitrogens with zero attached hydrogens (tertiary/aromatic N) is 2. The zero-order valence-corrected chi connectivity index (χ0v) is 14.3. The van der Waals surface area contributed by atoms with Gasteiger partial charge in [0.2, 0.25) is 11.8 Å². The standard InChI is InChI=1S/C17H21N3O2S/c1-4-11(2)20-16(22)14(15(21)19-17(20)23)10-18-12(3)13-8-6-5-7-9-13/h5-12,14H,4H2,1-3H3,(H,19,21,23)/t11-,12-,14-/m1/s1. The van der Waals surface area contributed by atoms with Gasteiger partial charge in [-0.05, 0) is 38.0 Å². The predicted molar refractivity (Wildman–Crippen MR) is 94.2 cm³/mol. The van der Waals surface area contributed by atoms with Crippen molar-refractivity contribution < 1.29 is 9.59 Å². The Morgan fingerprint density at radius 3 is 2.57 bits per heavy atom. The van der Waals surface area contributed by atoms with Crippen molar-refractivity contribution in [3.05, 3.63) is 35.9 Å². The number of hydrogen-bond acceptors (Lipinski definition) is 4. The average molecular weight is 331 g/mol. The first-order chi connectivity index (χ1) is 11.0. The molecule has 1 aliphatic heterocycles. The Labute approximate surface area is 141 Å². The maximum atomic E-state index is 12.6. The molecule has 1 N–H and O–H groups in total. The molecule has 0 bridgehead atoms. The minimum atomic E-state index is -0.929. The first kappa shape index (κ1) is 17.3. The SMILES string of the molecule is CC[C@@H](C)N1C(=O)[C@H](C=N[C@H](C)c2ccccc2)C(=O)NC1=S. The van der Waals surface area contributed by atoms with E-state index in [0.29, 0.717) is 0 Å². The van der Waals surface area contributed by atoms with Gasteiger partial charge in [-0.3, -0.25) is 19.5 Å². The second kappa shape index (κ2) is 7.46. The molecule has 1 aliphatic rings. The van der Waals surface area contributed by atoms with Gasteiger partial charge in [-0.2, -0.15) is 0 Å². The van der Waals surface area contributed by atoms with E-state index in [4.69, 9.17) is 12.2 Å². The lowest BCUT2D eigenvalue weighted by atomic mass is 10.0. The minimum absolute atomic E-state index is 0.0574. The van der Waals surface area contributed by atoms with E-state index >= 15 is 0 Å². The largest absolute Gasteiger partial charge is 0.302 e. The maximum Gasteiger partial charge on any atom is 0.247 e. The molecule has 0 spiro atoms. The van der Waals surface area contributed by atoms with Crippen LogP contribution >= 0.6 is 12.2 Å². The Hall–Kier alpha value is -2.08. The van der Waals surface area contributed by atoms with E-state index in [1.807, 2.05) is 51.1 Å². The number of rotatable bonds is 5. The number of benzene rings is 1. The van der Waals surface area contributed by atoms with Crippen LogP contribution in [0.2, 0.25) is 0 Å². The monoisotopic (exact) mass is 331 g/mol. The molecular formula is C17H21N3O2S. The number of nitrogens with one attached hydrogen (secondary N) is 1. The molecule has 1 fully saturated rings. The van der Waals surface area contributed by atoms with Gasteiger partial charge in [-0.25, -0.2) is 0 Å². The van der Waals surface area contributed by atoms with Gasteiger partial charge in [0.05, 0.1) is 6.04 Å². The van der Waals surface area contributed by atoms with E-state index in [0.717, 1.165) is 12.0 Å². The summed E-state index contributed by atoms with van der Waals surface area (Å²) in [5, 5.41) is 2.77. The summed E-state index contributed by atoms with van der Waals surface area (Å²) in [6, 6.07) is 9.55. The maximum absolute atomic E-state index is 12.6. The third-order valence-electron chi connectivity index (χ3n) is 4.01. The summed E-state index contributed by atoms with van der Waals surface area (Å²) >= 11 is 5.12. The van der Waals surface area contributed by atoms with Crippen molar-refractivity contribution in [2.45, 2.75) is 39.3 Å².